The minimum atomic E-state index is 0.229. The molecule has 0 amide bonds. The van der Waals surface area contributed by atoms with Gasteiger partial charge in [-0.05, 0) is 23.8 Å². The minimum absolute atomic E-state index is 0.229. The third-order valence-electron chi connectivity index (χ3n) is 2.53. The van der Waals surface area contributed by atoms with Crippen molar-refractivity contribution in [1.82, 2.24) is 19.9 Å². The van der Waals surface area contributed by atoms with Crippen LogP contribution in [0.1, 0.15) is 6.42 Å². The number of H-pyrrole nitrogens is 1. The fraction of sp³-hybridized carbons (Fsp3) is 0.444. The first-order chi connectivity index (χ1) is 7.83. The van der Waals surface area contributed by atoms with Crippen LogP contribution in [0.5, 0.6) is 0 Å². The third kappa shape index (κ3) is 1.82. The number of nitrogens with one attached hydrogen (secondary N) is 2. The Kier molecular flexibility index (Phi) is 2.61. The number of imidazole rings is 1. The van der Waals surface area contributed by atoms with E-state index in [-0.39, 0.29) is 5.28 Å². The van der Waals surface area contributed by atoms with Crippen molar-refractivity contribution in [3.63, 3.8) is 0 Å². The molecule has 84 valence electrons. The molecule has 2 N–H and O–H groups in total. The normalized spacial score (nSPS) is 20.4. The summed E-state index contributed by atoms with van der Waals surface area (Å²) in [6, 6.07) is 0.461. The second-order valence-electron chi connectivity index (χ2n) is 3.65. The van der Waals surface area contributed by atoms with Gasteiger partial charge < -0.3 is 10.3 Å². The summed E-state index contributed by atoms with van der Waals surface area (Å²) in [5.41, 5.74) is 1.43. The molecule has 5 nitrogen and oxygen atoms in total. The molecule has 0 bridgehead atoms. The van der Waals surface area contributed by atoms with Gasteiger partial charge in [-0.1, -0.05) is 0 Å². The lowest BCUT2D eigenvalue weighted by atomic mass is 10.2. The summed E-state index contributed by atoms with van der Waals surface area (Å²) >= 11 is 7.79. The molecule has 2 aromatic heterocycles. The lowest BCUT2D eigenvalue weighted by molar-refractivity contribution is 0.807. The molecule has 1 saturated heterocycles. The lowest BCUT2D eigenvalue weighted by Gasteiger charge is -2.12. The van der Waals surface area contributed by atoms with Crippen LogP contribution in [0.4, 0.5) is 5.82 Å². The quantitative estimate of drug-likeness (QED) is 0.803. The van der Waals surface area contributed by atoms with Gasteiger partial charge in [0, 0.05) is 11.8 Å². The van der Waals surface area contributed by atoms with Crippen molar-refractivity contribution in [2.24, 2.45) is 0 Å². The van der Waals surface area contributed by atoms with Crippen molar-refractivity contribution < 1.29 is 0 Å². The molecule has 1 fully saturated rings. The molecule has 7 heteroatoms. The fourth-order valence-corrected chi connectivity index (χ4v) is 3.07. The van der Waals surface area contributed by atoms with E-state index in [1.165, 1.54) is 5.75 Å². The highest BCUT2D eigenvalue weighted by molar-refractivity contribution is 7.99. The maximum absolute atomic E-state index is 5.84. The number of hydrogen-bond acceptors (Lipinski definition) is 5. The summed E-state index contributed by atoms with van der Waals surface area (Å²) in [6.45, 7) is 0. The van der Waals surface area contributed by atoms with E-state index in [0.29, 0.717) is 11.7 Å². The molecule has 2 aromatic rings. The van der Waals surface area contributed by atoms with Crippen LogP contribution in [0.2, 0.25) is 5.28 Å². The molecule has 3 heterocycles. The Balaban J connectivity index is 1.97. The highest BCUT2D eigenvalue weighted by Crippen LogP contribution is 2.24. The van der Waals surface area contributed by atoms with E-state index >= 15 is 0 Å². The van der Waals surface area contributed by atoms with Gasteiger partial charge >= 0.3 is 0 Å². The summed E-state index contributed by atoms with van der Waals surface area (Å²) in [4.78, 5) is 15.3. The zero-order valence-corrected chi connectivity index (χ0v) is 9.98. The number of nitrogens with zero attached hydrogens (tertiary/aromatic N) is 3. The SMILES string of the molecule is Clc1nc(NC2CCSC2)c2[nH]cnc2n1. The first kappa shape index (κ1) is 10.2. The molecular weight excluding hydrogens is 246 g/mol. The molecule has 0 radical (unpaired) electrons. The van der Waals surface area contributed by atoms with E-state index in [4.69, 9.17) is 11.6 Å². The molecule has 1 aliphatic heterocycles. The number of aromatic amines is 1. The molecule has 0 spiro atoms. The van der Waals surface area contributed by atoms with E-state index in [2.05, 4.69) is 25.3 Å². The Morgan fingerprint density at radius 2 is 2.44 bits per heavy atom. The Morgan fingerprint density at radius 1 is 1.50 bits per heavy atom. The highest BCUT2D eigenvalue weighted by Gasteiger charge is 2.18. The zero-order chi connectivity index (χ0) is 11.0. The van der Waals surface area contributed by atoms with Crippen LogP contribution in [0.3, 0.4) is 0 Å². The van der Waals surface area contributed by atoms with Gasteiger partial charge in [0.05, 0.1) is 6.33 Å². The first-order valence-corrected chi connectivity index (χ1v) is 6.57. The zero-order valence-electron chi connectivity index (χ0n) is 8.40. The standard InChI is InChI=1S/C9H10ClN5S/c10-9-14-7-6(11-4-12-7)8(15-9)13-5-1-2-16-3-5/h4-5H,1-3H2,(H2,11,12,13,14,15). The Hall–Kier alpha value is -1.01. The van der Waals surface area contributed by atoms with Gasteiger partial charge in [-0.2, -0.15) is 21.7 Å². The van der Waals surface area contributed by atoms with Crippen molar-refractivity contribution in [3.8, 4) is 0 Å². The number of halogens is 1. The van der Waals surface area contributed by atoms with Crippen LogP contribution in [-0.4, -0.2) is 37.5 Å². The number of hydrogen-bond donors (Lipinski definition) is 2. The summed E-state index contributed by atoms with van der Waals surface area (Å²) < 4.78 is 0. The van der Waals surface area contributed by atoms with Gasteiger partial charge in [-0.15, -0.1) is 0 Å². The maximum Gasteiger partial charge on any atom is 0.226 e. The third-order valence-corrected chi connectivity index (χ3v) is 3.86. The highest BCUT2D eigenvalue weighted by atomic mass is 35.5. The van der Waals surface area contributed by atoms with E-state index in [9.17, 15) is 0 Å². The molecular formula is C9H10ClN5S. The number of rotatable bonds is 2. The van der Waals surface area contributed by atoms with Gasteiger partial charge in [0.15, 0.2) is 11.5 Å². The molecule has 3 rings (SSSR count). The van der Waals surface area contributed by atoms with E-state index in [1.807, 2.05) is 11.8 Å². The topological polar surface area (TPSA) is 66.5 Å². The number of thioether (sulfide) groups is 1. The van der Waals surface area contributed by atoms with E-state index in [1.54, 1.807) is 6.33 Å². The largest absolute Gasteiger partial charge is 0.365 e. The molecule has 0 saturated carbocycles. The molecule has 0 aromatic carbocycles. The fourth-order valence-electron chi connectivity index (χ4n) is 1.75. The monoisotopic (exact) mass is 255 g/mol. The van der Waals surface area contributed by atoms with Crippen molar-refractivity contribution in [1.29, 1.82) is 0 Å². The van der Waals surface area contributed by atoms with Crippen molar-refractivity contribution in [2.45, 2.75) is 12.5 Å². The Morgan fingerprint density at radius 3 is 3.25 bits per heavy atom. The summed E-state index contributed by atoms with van der Waals surface area (Å²) in [7, 11) is 0. The van der Waals surface area contributed by atoms with Crippen LogP contribution < -0.4 is 5.32 Å². The molecule has 16 heavy (non-hydrogen) atoms. The van der Waals surface area contributed by atoms with Crippen molar-refractivity contribution >= 4 is 40.3 Å². The average Bonchev–Trinajstić information content (AvgIpc) is 2.87. The van der Waals surface area contributed by atoms with Gasteiger partial charge in [0.25, 0.3) is 0 Å². The predicted molar refractivity (Wildman–Crippen MR) is 66.0 cm³/mol. The van der Waals surface area contributed by atoms with Crippen molar-refractivity contribution in [3.05, 3.63) is 11.6 Å². The van der Waals surface area contributed by atoms with E-state index in [0.717, 1.165) is 23.5 Å². The number of anilines is 1. The van der Waals surface area contributed by atoms with E-state index < -0.39 is 0 Å². The van der Waals surface area contributed by atoms with Crippen LogP contribution in [-0.2, 0) is 0 Å². The second-order valence-corrected chi connectivity index (χ2v) is 5.14. The van der Waals surface area contributed by atoms with Gasteiger partial charge in [-0.25, -0.2) is 4.98 Å². The van der Waals surface area contributed by atoms with Crippen molar-refractivity contribution in [2.75, 3.05) is 16.8 Å². The Labute approximate surface area is 101 Å². The predicted octanol–water partition coefficient (Wildman–Crippen LogP) is 1.92. The molecule has 1 unspecified atom stereocenters. The number of aromatic nitrogens is 4. The molecule has 1 aliphatic rings. The van der Waals surface area contributed by atoms with Crippen LogP contribution in [0.15, 0.2) is 6.33 Å². The number of fused-ring (bicyclic) bond motifs is 1. The minimum Gasteiger partial charge on any atom is -0.365 e. The van der Waals surface area contributed by atoms with Crippen LogP contribution in [0.25, 0.3) is 11.2 Å². The Bertz CT molecular complexity index is 508. The van der Waals surface area contributed by atoms with Gasteiger partial charge in [0.2, 0.25) is 5.28 Å². The van der Waals surface area contributed by atoms with Crippen LogP contribution in [0, 0.1) is 0 Å². The average molecular weight is 256 g/mol. The lowest BCUT2D eigenvalue weighted by Crippen LogP contribution is -2.19. The van der Waals surface area contributed by atoms with Gasteiger partial charge in [0.1, 0.15) is 5.52 Å². The molecule has 1 atom stereocenters. The maximum atomic E-state index is 5.84. The first-order valence-electron chi connectivity index (χ1n) is 5.04. The molecule has 0 aliphatic carbocycles. The van der Waals surface area contributed by atoms with Gasteiger partial charge in [-0.3, -0.25) is 0 Å². The summed E-state index contributed by atoms with van der Waals surface area (Å²) in [5, 5.41) is 3.61. The van der Waals surface area contributed by atoms with Crippen LogP contribution >= 0.6 is 23.4 Å². The second kappa shape index (κ2) is 4.10. The smallest absolute Gasteiger partial charge is 0.226 e. The summed E-state index contributed by atoms with van der Waals surface area (Å²) in [6.07, 6.45) is 2.76. The summed E-state index contributed by atoms with van der Waals surface area (Å²) in [5.74, 6) is 3.06.